The van der Waals surface area contributed by atoms with Crippen LogP contribution in [0.25, 0.3) is 10.9 Å². The molecular weight excluding hydrogens is 933 g/mol. The van der Waals surface area contributed by atoms with Crippen molar-refractivity contribution in [3.05, 3.63) is 303 Å². The number of hydrogen-bond donors (Lipinski definition) is 3. The van der Waals surface area contributed by atoms with Crippen LogP contribution in [0.15, 0.2) is 252 Å². The summed E-state index contributed by atoms with van der Waals surface area (Å²) in [5, 5.41) is 21.1. The van der Waals surface area contributed by atoms with Crippen LogP contribution < -0.4 is 15.6 Å². The molecule has 0 radical (unpaired) electrons. The van der Waals surface area contributed by atoms with E-state index in [2.05, 4.69) is 15.5 Å². The molecule has 0 aliphatic carbocycles. The molecule has 2 aromatic heterocycles. The molecule has 12 heteroatoms. The summed E-state index contributed by atoms with van der Waals surface area (Å²) in [6, 6.07) is 73.8. The number of rotatable bonds is 18. The molecule has 2 heterocycles. The number of nitrogens with one attached hydrogen (secondary N) is 2. The molecule has 0 bridgehead atoms. The highest BCUT2D eigenvalue weighted by Crippen LogP contribution is 2.42. The van der Waals surface area contributed by atoms with E-state index in [1.807, 2.05) is 212 Å². The maximum atomic E-state index is 15.0. The van der Waals surface area contributed by atoms with Crippen molar-refractivity contribution in [2.75, 3.05) is 5.32 Å². The third kappa shape index (κ3) is 10.3. The molecule has 0 amide bonds. The van der Waals surface area contributed by atoms with Gasteiger partial charge in [0.25, 0.3) is 0 Å². The Balaban J connectivity index is 1.06. The number of H-pyrrole nitrogens is 1. The van der Waals surface area contributed by atoms with E-state index in [1.165, 1.54) is 17.4 Å². The summed E-state index contributed by atoms with van der Waals surface area (Å²) in [7, 11) is 0. The zero-order chi connectivity index (χ0) is 50.0. The van der Waals surface area contributed by atoms with Crippen molar-refractivity contribution in [3.8, 4) is 5.75 Å². The fourth-order valence-corrected chi connectivity index (χ4v) is 9.71. The van der Waals surface area contributed by atoms with Gasteiger partial charge in [0, 0.05) is 22.4 Å². The van der Waals surface area contributed by atoms with Crippen molar-refractivity contribution in [2.45, 2.75) is 23.9 Å². The van der Waals surface area contributed by atoms with Crippen molar-refractivity contribution in [1.29, 1.82) is 0 Å². The molecule has 11 nitrogen and oxygen atoms in total. The molecule has 10 aromatic rings. The van der Waals surface area contributed by atoms with Gasteiger partial charge in [-0.05, 0) is 51.1 Å². The molecule has 0 saturated heterocycles. The second kappa shape index (κ2) is 21.7. The van der Waals surface area contributed by atoms with Crippen LogP contribution in [-0.4, -0.2) is 32.7 Å². The lowest BCUT2D eigenvalue weighted by Crippen LogP contribution is -2.38. The average Bonchev–Trinajstić information content (AvgIpc) is 3.91. The van der Waals surface area contributed by atoms with E-state index < -0.39 is 47.1 Å². The van der Waals surface area contributed by atoms with Crippen LogP contribution in [0.5, 0.6) is 5.75 Å². The summed E-state index contributed by atoms with van der Waals surface area (Å²) < 4.78 is 13.2. The van der Waals surface area contributed by atoms with E-state index in [0.29, 0.717) is 27.4 Å². The molecule has 0 fully saturated rings. The van der Waals surface area contributed by atoms with Crippen LogP contribution in [0.3, 0.4) is 0 Å². The van der Waals surface area contributed by atoms with Crippen molar-refractivity contribution in [3.63, 3.8) is 0 Å². The maximum absolute atomic E-state index is 15.0. The van der Waals surface area contributed by atoms with Crippen molar-refractivity contribution in [2.24, 2.45) is 5.16 Å². The summed E-state index contributed by atoms with van der Waals surface area (Å²) >= 11 is 1.19. The second-order valence-corrected chi connectivity index (χ2v) is 17.8. The number of nitrogens with zero attached hydrogens (tertiary/aromatic N) is 2. The number of carboxylic acid groups (broad SMARTS) is 1. The number of anilines is 1. The second-order valence-electron chi connectivity index (χ2n) is 17.0. The highest BCUT2D eigenvalue weighted by Gasteiger charge is 2.38. The van der Waals surface area contributed by atoms with Crippen LogP contribution >= 0.6 is 11.3 Å². The fraction of sp³-hybridized carbons (Fsp3) is 0.0656. The number of pyridine rings is 1. The number of esters is 1. The van der Waals surface area contributed by atoms with E-state index in [9.17, 15) is 14.7 Å². The van der Waals surface area contributed by atoms with E-state index in [-0.39, 0.29) is 16.8 Å². The maximum Gasteiger partial charge on any atom is 0.360 e. The number of thiazole rings is 1. The first kappa shape index (κ1) is 47.3. The Labute approximate surface area is 424 Å². The van der Waals surface area contributed by atoms with Gasteiger partial charge in [0.05, 0.1) is 5.52 Å². The number of fused-ring (bicyclic) bond motifs is 1. The van der Waals surface area contributed by atoms with Gasteiger partial charge in [-0.15, -0.1) is 11.3 Å². The van der Waals surface area contributed by atoms with Gasteiger partial charge in [0.1, 0.15) is 23.1 Å². The number of hydrogen-bond acceptors (Lipinski definition) is 10. The van der Waals surface area contributed by atoms with Crippen LogP contribution in [0.1, 0.15) is 68.5 Å². The van der Waals surface area contributed by atoms with Crippen LogP contribution in [-0.2, 0) is 24.7 Å². The number of aromatic nitrogens is 2. The summed E-state index contributed by atoms with van der Waals surface area (Å²) in [5.74, 6) is -2.04. The first-order valence-corrected chi connectivity index (χ1v) is 24.3. The Kier molecular flexibility index (Phi) is 14.1. The lowest BCUT2D eigenvalue weighted by atomic mass is 9.77. The summed E-state index contributed by atoms with van der Waals surface area (Å²) in [6.45, 7) is 0. The predicted octanol–water partition coefficient (Wildman–Crippen LogP) is 12.4. The molecule has 0 aliphatic heterocycles. The Morgan fingerprint density at radius 3 is 1.49 bits per heavy atom. The minimum Gasteiger partial charge on any atom is -0.479 e. The zero-order valence-corrected chi connectivity index (χ0v) is 39.8. The summed E-state index contributed by atoms with van der Waals surface area (Å²) in [6.07, 6.45) is -3.18. The van der Waals surface area contributed by atoms with Crippen molar-refractivity contribution >= 4 is 45.0 Å². The van der Waals surface area contributed by atoms with Gasteiger partial charge in [0.2, 0.25) is 17.4 Å². The standard InChI is InChI=1S/C61H46N4O7S/c66-52-39-37-48-49(36-38-51(53(48)63-52)70-55(41-22-8-1-9-23-41)42-24-10-2-11-25-42)57(59(69)71-56(43-26-12-3-13-27-43)44-28-14-4-15-29-44)72-65-54(58(67)68)50-40-73-60(62-50)64-61(45-30-16-5-17-31-45,46-32-18-6-19-33-46)47-34-20-7-21-35-47/h1-40,55-57H,(H,62,64)(H,63,66)(H,67,68). The molecule has 1 unspecified atom stereocenters. The number of benzene rings is 8. The molecule has 0 aliphatic rings. The monoisotopic (exact) mass is 978 g/mol. The Bertz CT molecular complexity index is 3370. The van der Waals surface area contributed by atoms with Crippen LogP contribution in [0.2, 0.25) is 0 Å². The van der Waals surface area contributed by atoms with Gasteiger partial charge >= 0.3 is 11.9 Å². The van der Waals surface area contributed by atoms with Gasteiger partial charge in [-0.3, -0.25) is 4.79 Å². The highest BCUT2D eigenvalue weighted by atomic mass is 32.1. The Morgan fingerprint density at radius 1 is 0.575 bits per heavy atom. The normalized spacial score (nSPS) is 12.1. The molecule has 10 rings (SSSR count). The number of aliphatic carboxylic acids is 1. The van der Waals surface area contributed by atoms with E-state index in [0.717, 1.165) is 27.8 Å². The first-order valence-electron chi connectivity index (χ1n) is 23.5. The number of carbonyl (C=O) groups excluding carboxylic acids is 1. The van der Waals surface area contributed by atoms with Gasteiger partial charge in [-0.1, -0.05) is 224 Å². The molecule has 358 valence electrons. The number of ether oxygens (including phenoxy) is 2. The molecular formula is C61H46N4O7S. The molecule has 0 saturated carbocycles. The third-order valence-electron chi connectivity index (χ3n) is 12.4. The smallest absolute Gasteiger partial charge is 0.360 e. The molecule has 73 heavy (non-hydrogen) atoms. The number of oxime groups is 1. The fourth-order valence-electron chi connectivity index (χ4n) is 8.96. The third-order valence-corrected chi connectivity index (χ3v) is 13.1. The van der Waals surface area contributed by atoms with Crippen LogP contribution in [0, 0.1) is 0 Å². The van der Waals surface area contributed by atoms with E-state index in [4.69, 9.17) is 19.3 Å². The van der Waals surface area contributed by atoms with Gasteiger partial charge in [-0.2, -0.15) is 0 Å². The molecule has 8 aromatic carbocycles. The average molecular weight is 979 g/mol. The van der Waals surface area contributed by atoms with Crippen LogP contribution in [0.4, 0.5) is 5.13 Å². The molecule has 1 atom stereocenters. The summed E-state index contributed by atoms with van der Waals surface area (Å²) in [5.41, 5.74) is 4.37. The quantitative estimate of drug-likeness (QED) is 0.0330. The Hall–Kier alpha value is -9.39. The lowest BCUT2D eigenvalue weighted by Gasteiger charge is -2.36. The lowest BCUT2D eigenvalue weighted by molar-refractivity contribution is -0.162. The summed E-state index contributed by atoms with van der Waals surface area (Å²) in [4.78, 5) is 55.5. The SMILES string of the molecule is O=C(O)C(=NOC(C(=O)OC(c1ccccc1)c1ccccc1)c1ccc(OC(c2ccccc2)c2ccccc2)c2[nH]c(=O)ccc12)c1csc(NC(c2ccccc2)(c2ccccc2)c2ccccc2)n1. The van der Waals surface area contributed by atoms with Crippen molar-refractivity contribution in [1.82, 2.24) is 9.97 Å². The van der Waals surface area contributed by atoms with Gasteiger partial charge in [-0.25, -0.2) is 14.6 Å². The Morgan fingerprint density at radius 2 is 1.03 bits per heavy atom. The van der Waals surface area contributed by atoms with E-state index >= 15 is 4.79 Å². The zero-order valence-electron chi connectivity index (χ0n) is 39.0. The topological polar surface area (TPSA) is 152 Å². The molecule has 3 N–H and O–H groups in total. The largest absolute Gasteiger partial charge is 0.479 e. The minimum absolute atomic E-state index is 0.0209. The van der Waals surface area contributed by atoms with Gasteiger partial charge < -0.3 is 29.7 Å². The first-order chi connectivity index (χ1) is 35.9. The number of carbonyl (C=O) groups is 2. The predicted molar refractivity (Wildman–Crippen MR) is 284 cm³/mol. The number of carboxylic acids is 1. The highest BCUT2D eigenvalue weighted by molar-refractivity contribution is 7.14. The number of aromatic amines is 1. The van der Waals surface area contributed by atoms with Gasteiger partial charge in [0.15, 0.2) is 11.2 Å². The van der Waals surface area contributed by atoms with E-state index in [1.54, 1.807) is 23.6 Å². The molecule has 0 spiro atoms. The van der Waals surface area contributed by atoms with Crippen molar-refractivity contribution < 1.29 is 29.0 Å². The minimum atomic E-state index is -1.69.